The molecule has 176 valence electrons. The van der Waals surface area contributed by atoms with Crippen LogP contribution in [-0.2, 0) is 13.0 Å². The van der Waals surface area contributed by atoms with Crippen molar-refractivity contribution in [3.05, 3.63) is 88.5 Å². The summed E-state index contributed by atoms with van der Waals surface area (Å²) >= 11 is 0. The normalized spacial score (nSPS) is 13.3. The van der Waals surface area contributed by atoms with Crippen molar-refractivity contribution in [3.63, 3.8) is 0 Å². The Balaban J connectivity index is 0.000000266. The summed E-state index contributed by atoms with van der Waals surface area (Å²) < 4.78 is 5.09. The number of aromatic nitrogens is 2. The maximum atomic E-state index is 11.9. The number of carbonyl (C=O) groups excluding carboxylic acids is 1. The number of benzene rings is 2. The number of fused-ring (bicyclic) bond motifs is 1. The Labute approximate surface area is 203 Å². The second-order valence-electron chi connectivity index (χ2n) is 7.30. The van der Waals surface area contributed by atoms with Crippen LogP contribution in [0.2, 0.25) is 0 Å². The van der Waals surface area contributed by atoms with Gasteiger partial charge in [-0.1, -0.05) is 18.2 Å². The Morgan fingerprint density at radius 2 is 1.97 bits per heavy atom. The van der Waals surface area contributed by atoms with Gasteiger partial charge in [-0.2, -0.15) is 5.26 Å². The van der Waals surface area contributed by atoms with Crippen molar-refractivity contribution in [1.82, 2.24) is 15.3 Å². The monoisotopic (exact) mass is 481 g/mol. The van der Waals surface area contributed by atoms with Crippen LogP contribution in [0.4, 0.5) is 0 Å². The fraction of sp³-hybridized carbons (Fsp3) is 0.208. The molecule has 1 aliphatic carbocycles. The molecule has 0 radical (unpaired) electrons. The summed E-state index contributed by atoms with van der Waals surface area (Å²) in [6.07, 6.45) is 3.08. The number of nitrogens with two attached hydrogens (primary N) is 1. The molecule has 0 bridgehead atoms. The highest BCUT2D eigenvalue weighted by Crippen LogP contribution is 2.29. The zero-order valence-corrected chi connectivity index (χ0v) is 19.2. The molecular formula is C24H24ClN5O4. The zero-order valence-electron chi connectivity index (χ0n) is 18.4. The minimum absolute atomic E-state index is 0. The number of methoxy groups -OCH3 is 1. The van der Waals surface area contributed by atoms with Crippen LogP contribution >= 0.6 is 12.4 Å². The number of carbonyl (C=O) groups is 2. The van der Waals surface area contributed by atoms with Crippen molar-refractivity contribution >= 4 is 24.3 Å². The predicted molar refractivity (Wildman–Crippen MR) is 127 cm³/mol. The van der Waals surface area contributed by atoms with Crippen LogP contribution in [0.25, 0.3) is 0 Å². The molecule has 0 spiro atoms. The van der Waals surface area contributed by atoms with E-state index in [1.54, 1.807) is 19.2 Å². The molecule has 1 amide bonds. The lowest BCUT2D eigenvalue weighted by atomic mass is 10.1. The average molecular weight is 482 g/mol. The Bertz CT molecular complexity index is 1210. The van der Waals surface area contributed by atoms with E-state index in [9.17, 15) is 9.59 Å². The van der Waals surface area contributed by atoms with Gasteiger partial charge in [0, 0.05) is 18.7 Å². The first kappa shape index (κ1) is 26.3. The third-order valence-electron chi connectivity index (χ3n) is 5.10. The summed E-state index contributed by atoms with van der Waals surface area (Å²) in [6.45, 7) is 0.280. The molecule has 2 aromatic carbocycles. The zero-order chi connectivity index (χ0) is 23.8. The number of nitrogens with zero attached hydrogens (tertiary/aromatic N) is 3. The number of hydrogen-bond donors (Lipinski definition) is 3. The number of aromatic carboxylic acids is 1. The number of rotatable bonds is 5. The number of amides is 1. The minimum Gasteiger partial charge on any atom is -0.497 e. The molecule has 3 aromatic rings. The molecule has 9 nitrogen and oxygen atoms in total. The minimum atomic E-state index is -1.21. The summed E-state index contributed by atoms with van der Waals surface area (Å²) in [4.78, 5) is 30.0. The maximum Gasteiger partial charge on any atom is 0.354 e. The SMILES string of the molecule is COc1cccc(CNC(=O)c2cc(C(=O)O)ncn2)c1.Cl.N#Cc1ccc2c(c1)CC[C@@H]2N. The van der Waals surface area contributed by atoms with Crippen LogP contribution in [0.5, 0.6) is 5.75 Å². The van der Waals surface area contributed by atoms with E-state index in [-0.39, 0.29) is 36.4 Å². The molecule has 4 N–H and O–H groups in total. The molecule has 4 rings (SSSR count). The van der Waals surface area contributed by atoms with Crippen LogP contribution in [0, 0.1) is 11.3 Å². The molecule has 0 unspecified atom stereocenters. The number of nitriles is 1. The Morgan fingerprint density at radius 3 is 2.68 bits per heavy atom. The summed E-state index contributed by atoms with van der Waals surface area (Å²) in [5.74, 6) is -0.987. The van der Waals surface area contributed by atoms with Crippen molar-refractivity contribution in [1.29, 1.82) is 5.26 Å². The lowest BCUT2D eigenvalue weighted by Gasteiger charge is -2.06. The van der Waals surface area contributed by atoms with E-state index < -0.39 is 11.9 Å². The van der Waals surface area contributed by atoms with Gasteiger partial charge in [0.25, 0.3) is 5.91 Å². The van der Waals surface area contributed by atoms with Crippen molar-refractivity contribution in [2.45, 2.75) is 25.4 Å². The fourth-order valence-corrected chi connectivity index (χ4v) is 3.37. The first-order chi connectivity index (χ1) is 15.9. The van der Waals surface area contributed by atoms with E-state index >= 15 is 0 Å². The van der Waals surface area contributed by atoms with E-state index in [0.29, 0.717) is 5.75 Å². The van der Waals surface area contributed by atoms with Gasteiger partial charge in [0.05, 0.1) is 18.7 Å². The molecule has 1 aromatic heterocycles. The smallest absolute Gasteiger partial charge is 0.354 e. The standard InChI is InChI=1S/C14H13N3O4.C10H10N2.ClH/c1-21-10-4-2-3-9(5-10)7-15-13(18)11-6-12(14(19)20)17-8-16-11;11-6-7-1-3-9-8(5-7)2-4-10(9)12;/h2-6,8H,7H2,1H3,(H,15,18)(H,19,20);1,3,5,10H,2,4,12H2;1H/t;10-;/m.0./s1. The summed E-state index contributed by atoms with van der Waals surface area (Å²) in [7, 11) is 1.56. The largest absolute Gasteiger partial charge is 0.497 e. The highest BCUT2D eigenvalue weighted by Gasteiger charge is 2.18. The fourth-order valence-electron chi connectivity index (χ4n) is 3.37. The van der Waals surface area contributed by atoms with Gasteiger partial charge in [0.1, 0.15) is 17.8 Å². The molecule has 0 saturated heterocycles. The predicted octanol–water partition coefficient (Wildman–Crippen LogP) is 3.04. The summed E-state index contributed by atoms with van der Waals surface area (Å²) in [6, 6.07) is 16.5. The van der Waals surface area contributed by atoms with Gasteiger partial charge in [-0.3, -0.25) is 4.79 Å². The quantitative estimate of drug-likeness (QED) is 0.502. The van der Waals surface area contributed by atoms with Gasteiger partial charge in [-0.25, -0.2) is 14.8 Å². The first-order valence-electron chi connectivity index (χ1n) is 10.2. The number of carboxylic acids is 1. The maximum absolute atomic E-state index is 11.9. The average Bonchev–Trinajstić information content (AvgIpc) is 3.22. The summed E-state index contributed by atoms with van der Waals surface area (Å²) in [5.41, 5.74) is 9.70. The lowest BCUT2D eigenvalue weighted by Crippen LogP contribution is -2.24. The highest BCUT2D eigenvalue weighted by molar-refractivity contribution is 5.94. The van der Waals surface area contributed by atoms with E-state index in [0.717, 1.165) is 36.4 Å². The molecule has 1 atom stereocenters. The Kier molecular flexibility index (Phi) is 9.49. The molecule has 34 heavy (non-hydrogen) atoms. The molecular weight excluding hydrogens is 458 g/mol. The second kappa shape index (κ2) is 12.3. The number of ether oxygens (including phenoxy) is 1. The van der Waals surface area contributed by atoms with Gasteiger partial charge in [-0.15, -0.1) is 12.4 Å². The molecule has 1 aliphatic rings. The van der Waals surface area contributed by atoms with Crippen molar-refractivity contribution < 1.29 is 19.4 Å². The number of nitrogens with one attached hydrogen (secondary N) is 1. The van der Waals surface area contributed by atoms with Crippen LogP contribution in [0.3, 0.4) is 0 Å². The van der Waals surface area contributed by atoms with E-state index in [4.69, 9.17) is 20.8 Å². The topological polar surface area (TPSA) is 151 Å². The van der Waals surface area contributed by atoms with Crippen LogP contribution in [0.15, 0.2) is 54.9 Å². The number of aryl methyl sites for hydroxylation is 1. The number of carboxylic acid groups (broad SMARTS) is 1. The Morgan fingerprint density at radius 1 is 1.21 bits per heavy atom. The molecule has 0 saturated carbocycles. The van der Waals surface area contributed by atoms with E-state index in [1.165, 1.54) is 11.1 Å². The van der Waals surface area contributed by atoms with Crippen LogP contribution in [-0.4, -0.2) is 34.1 Å². The Hall–Kier alpha value is -4.00. The highest BCUT2D eigenvalue weighted by atomic mass is 35.5. The molecule has 10 heteroatoms. The second-order valence-corrected chi connectivity index (χ2v) is 7.30. The molecule has 1 heterocycles. The molecule has 0 fully saturated rings. The van der Waals surface area contributed by atoms with Crippen molar-refractivity contribution in [2.24, 2.45) is 5.73 Å². The lowest BCUT2D eigenvalue weighted by molar-refractivity contribution is 0.0690. The first-order valence-corrected chi connectivity index (χ1v) is 10.2. The number of halogens is 1. The van der Waals surface area contributed by atoms with Gasteiger partial charge in [0.2, 0.25) is 0 Å². The van der Waals surface area contributed by atoms with Gasteiger partial charge in [-0.05, 0) is 53.8 Å². The third kappa shape index (κ3) is 6.75. The number of hydrogen-bond acceptors (Lipinski definition) is 7. The van der Waals surface area contributed by atoms with Crippen molar-refractivity contribution in [2.75, 3.05) is 7.11 Å². The molecule has 0 aliphatic heterocycles. The van der Waals surface area contributed by atoms with Gasteiger partial charge in [0.15, 0.2) is 5.69 Å². The van der Waals surface area contributed by atoms with Gasteiger partial charge >= 0.3 is 5.97 Å². The van der Waals surface area contributed by atoms with Gasteiger partial charge < -0.3 is 20.9 Å². The van der Waals surface area contributed by atoms with Crippen molar-refractivity contribution in [3.8, 4) is 11.8 Å². The van der Waals surface area contributed by atoms with Crippen LogP contribution in [0.1, 0.15) is 55.7 Å². The van der Waals surface area contributed by atoms with E-state index in [1.807, 2.05) is 30.3 Å². The third-order valence-corrected chi connectivity index (χ3v) is 5.10. The van der Waals surface area contributed by atoms with Crippen LogP contribution < -0.4 is 15.8 Å². The van der Waals surface area contributed by atoms with E-state index in [2.05, 4.69) is 21.4 Å². The summed E-state index contributed by atoms with van der Waals surface area (Å²) in [5, 5.41) is 20.1.